The molecule has 3 aromatic heterocycles. The minimum absolute atomic E-state index is 0.0189. The van der Waals surface area contributed by atoms with E-state index in [4.69, 9.17) is 4.42 Å². The van der Waals surface area contributed by atoms with Gasteiger partial charge in [0.15, 0.2) is 0 Å². The second kappa shape index (κ2) is 8.92. The van der Waals surface area contributed by atoms with Crippen LogP contribution < -0.4 is 4.90 Å². The zero-order valence-electron chi connectivity index (χ0n) is 19.1. The molecule has 4 heterocycles. The summed E-state index contributed by atoms with van der Waals surface area (Å²) in [6.07, 6.45) is 1.61. The van der Waals surface area contributed by atoms with Crippen LogP contribution in [0.5, 0.6) is 0 Å². The lowest BCUT2D eigenvalue weighted by molar-refractivity contribution is 0.0746. The number of aromatic nitrogens is 4. The number of anilines is 1. The lowest BCUT2D eigenvalue weighted by atomic mass is 10.1. The number of nitrogens with zero attached hydrogens (tertiary/aromatic N) is 6. The van der Waals surface area contributed by atoms with Crippen LogP contribution in [-0.4, -0.2) is 57.2 Å². The Kier molecular flexibility index (Phi) is 5.46. The number of hydrogen-bond donors (Lipinski definition) is 0. The third-order valence-corrected chi connectivity index (χ3v) is 7.03. The Balaban J connectivity index is 1.12. The van der Waals surface area contributed by atoms with Gasteiger partial charge in [0, 0.05) is 42.9 Å². The predicted octanol–water partition coefficient (Wildman–Crippen LogP) is 4.68. The van der Waals surface area contributed by atoms with E-state index in [1.54, 1.807) is 17.7 Å². The maximum absolute atomic E-state index is 13.1. The number of carbonyl (C=O) groups is 1. The summed E-state index contributed by atoms with van der Waals surface area (Å²) >= 11 is 1.61. The molecule has 5 aromatic rings. The Morgan fingerprint density at radius 2 is 1.51 bits per heavy atom. The molecule has 0 aliphatic carbocycles. The van der Waals surface area contributed by atoms with Gasteiger partial charge in [0.2, 0.25) is 11.8 Å². The van der Waals surface area contributed by atoms with Crippen LogP contribution >= 0.6 is 11.3 Å². The third kappa shape index (κ3) is 4.15. The van der Waals surface area contributed by atoms with E-state index in [9.17, 15) is 4.79 Å². The molecule has 0 unspecified atom stereocenters. The summed E-state index contributed by atoms with van der Waals surface area (Å²) in [5.74, 6) is 1.86. The van der Waals surface area contributed by atoms with Crippen molar-refractivity contribution in [2.45, 2.75) is 6.92 Å². The molecule has 1 fully saturated rings. The average Bonchev–Trinajstić information content (AvgIpc) is 3.59. The quantitative estimate of drug-likeness (QED) is 0.367. The van der Waals surface area contributed by atoms with E-state index in [-0.39, 0.29) is 5.91 Å². The van der Waals surface area contributed by atoms with E-state index >= 15 is 0 Å². The highest BCUT2D eigenvalue weighted by molar-refractivity contribution is 7.16. The van der Waals surface area contributed by atoms with Crippen LogP contribution in [0.3, 0.4) is 0 Å². The van der Waals surface area contributed by atoms with Crippen molar-refractivity contribution in [1.82, 2.24) is 25.1 Å². The maximum atomic E-state index is 13.1. The number of piperazine rings is 1. The minimum Gasteiger partial charge on any atom is -0.416 e. The summed E-state index contributed by atoms with van der Waals surface area (Å²) < 4.78 is 5.86. The second-order valence-electron chi connectivity index (χ2n) is 8.47. The number of carbonyl (C=O) groups excluding carboxylic acids is 1. The molecule has 1 amide bonds. The van der Waals surface area contributed by atoms with Crippen LogP contribution in [0.2, 0.25) is 0 Å². The zero-order chi connectivity index (χ0) is 23.8. The van der Waals surface area contributed by atoms with Crippen molar-refractivity contribution in [3.05, 3.63) is 77.4 Å². The van der Waals surface area contributed by atoms with Crippen molar-refractivity contribution < 1.29 is 9.21 Å². The number of aryl methyl sites for hydroxylation is 1. The smallest absolute Gasteiger partial charge is 0.253 e. The summed E-state index contributed by atoms with van der Waals surface area (Å²) in [4.78, 5) is 27.0. The largest absolute Gasteiger partial charge is 0.416 e. The SMILES string of the molecule is Cc1ccc(-c2nnc(-c3ccc(C(=O)N4CCN(c5ncnc6sccc56)CC4)cc3)o2)cc1. The van der Waals surface area contributed by atoms with Crippen LogP contribution in [-0.2, 0) is 0 Å². The first-order chi connectivity index (χ1) is 17.2. The van der Waals surface area contributed by atoms with E-state index in [0.29, 0.717) is 30.4 Å². The van der Waals surface area contributed by atoms with Gasteiger partial charge in [-0.2, -0.15) is 0 Å². The third-order valence-electron chi connectivity index (χ3n) is 6.21. The molecule has 8 nitrogen and oxygen atoms in total. The second-order valence-corrected chi connectivity index (χ2v) is 9.37. The number of thiophene rings is 1. The molecule has 0 atom stereocenters. The molecule has 1 aliphatic rings. The lowest BCUT2D eigenvalue weighted by Gasteiger charge is -2.35. The molecule has 0 radical (unpaired) electrons. The highest BCUT2D eigenvalue weighted by Crippen LogP contribution is 2.28. The van der Waals surface area contributed by atoms with Crippen molar-refractivity contribution >= 4 is 33.3 Å². The van der Waals surface area contributed by atoms with Crippen LogP contribution in [0.4, 0.5) is 5.82 Å². The van der Waals surface area contributed by atoms with Gasteiger partial charge in [0.25, 0.3) is 5.91 Å². The molecule has 1 aliphatic heterocycles. The van der Waals surface area contributed by atoms with Crippen molar-refractivity contribution in [3.63, 3.8) is 0 Å². The van der Waals surface area contributed by atoms with Crippen LogP contribution in [0.25, 0.3) is 33.1 Å². The number of hydrogen-bond acceptors (Lipinski definition) is 8. The molecule has 0 N–H and O–H groups in total. The van der Waals surface area contributed by atoms with E-state index in [2.05, 4.69) is 31.1 Å². The summed E-state index contributed by atoms with van der Waals surface area (Å²) in [5.41, 5.74) is 3.47. The van der Waals surface area contributed by atoms with Crippen molar-refractivity contribution in [2.75, 3.05) is 31.1 Å². The van der Waals surface area contributed by atoms with E-state index < -0.39 is 0 Å². The fourth-order valence-corrected chi connectivity index (χ4v) is 4.97. The highest BCUT2D eigenvalue weighted by atomic mass is 32.1. The van der Waals surface area contributed by atoms with Crippen molar-refractivity contribution in [3.8, 4) is 22.9 Å². The van der Waals surface area contributed by atoms with Gasteiger partial charge in [-0.25, -0.2) is 9.97 Å². The molecule has 174 valence electrons. The molecule has 35 heavy (non-hydrogen) atoms. The zero-order valence-corrected chi connectivity index (χ0v) is 19.9. The number of rotatable bonds is 4. The Morgan fingerprint density at radius 1 is 0.857 bits per heavy atom. The van der Waals surface area contributed by atoms with Crippen molar-refractivity contribution in [1.29, 1.82) is 0 Å². The van der Waals surface area contributed by atoms with Gasteiger partial charge >= 0.3 is 0 Å². The van der Waals surface area contributed by atoms with E-state index in [1.807, 2.05) is 65.7 Å². The molecule has 2 aromatic carbocycles. The molecule has 0 saturated carbocycles. The summed E-state index contributed by atoms with van der Waals surface area (Å²) in [5, 5.41) is 11.4. The number of amides is 1. The first kappa shape index (κ1) is 21.4. The topological polar surface area (TPSA) is 88.3 Å². The average molecular weight is 483 g/mol. The first-order valence-corrected chi connectivity index (χ1v) is 12.3. The summed E-state index contributed by atoms with van der Waals surface area (Å²) in [7, 11) is 0. The lowest BCUT2D eigenvalue weighted by Crippen LogP contribution is -2.49. The number of fused-ring (bicyclic) bond motifs is 1. The monoisotopic (exact) mass is 482 g/mol. The molecular weight excluding hydrogens is 460 g/mol. The van der Waals surface area contributed by atoms with Gasteiger partial charge in [0.05, 0.1) is 5.39 Å². The summed E-state index contributed by atoms with van der Waals surface area (Å²) in [6, 6.07) is 17.3. The Morgan fingerprint density at radius 3 is 2.20 bits per heavy atom. The van der Waals surface area contributed by atoms with Crippen molar-refractivity contribution in [2.24, 2.45) is 0 Å². The van der Waals surface area contributed by atoms with E-state index in [0.717, 1.165) is 40.3 Å². The minimum atomic E-state index is 0.0189. The molecule has 6 rings (SSSR count). The Labute approximate surface area is 205 Å². The number of benzene rings is 2. The first-order valence-electron chi connectivity index (χ1n) is 11.4. The van der Waals surface area contributed by atoms with E-state index in [1.165, 1.54) is 5.56 Å². The fraction of sp³-hybridized carbons (Fsp3) is 0.192. The highest BCUT2D eigenvalue weighted by Gasteiger charge is 2.24. The fourth-order valence-electron chi connectivity index (χ4n) is 4.24. The molecular formula is C26H22N6O2S. The Hall–Kier alpha value is -4.11. The predicted molar refractivity (Wildman–Crippen MR) is 135 cm³/mol. The summed E-state index contributed by atoms with van der Waals surface area (Å²) in [6.45, 7) is 4.77. The van der Waals surface area contributed by atoms with Gasteiger partial charge in [-0.1, -0.05) is 17.7 Å². The van der Waals surface area contributed by atoms with Gasteiger partial charge in [-0.3, -0.25) is 4.79 Å². The standard InChI is InChI=1S/C26H22N6O2S/c1-17-2-4-18(5-3-17)23-29-30-24(34-23)19-6-8-20(9-7-19)26(33)32-13-11-31(12-14-32)22-21-10-15-35-25(21)28-16-27-22/h2-10,15-16H,11-14H2,1H3. The van der Waals surface area contributed by atoms with Gasteiger partial charge in [-0.15, -0.1) is 21.5 Å². The van der Waals surface area contributed by atoms with Crippen LogP contribution in [0.15, 0.2) is 70.7 Å². The van der Waals surface area contributed by atoms with Crippen LogP contribution in [0, 0.1) is 6.92 Å². The molecule has 1 saturated heterocycles. The normalized spacial score (nSPS) is 14.0. The molecule has 0 spiro atoms. The molecule has 0 bridgehead atoms. The van der Waals surface area contributed by atoms with Crippen LogP contribution in [0.1, 0.15) is 15.9 Å². The van der Waals surface area contributed by atoms with Gasteiger partial charge < -0.3 is 14.2 Å². The van der Waals surface area contributed by atoms with Gasteiger partial charge in [0.1, 0.15) is 17.0 Å². The molecule has 9 heteroatoms. The van der Waals surface area contributed by atoms with Gasteiger partial charge in [-0.05, 0) is 54.8 Å². The maximum Gasteiger partial charge on any atom is 0.253 e. The Bertz CT molecular complexity index is 1480.